The lowest BCUT2D eigenvalue weighted by Crippen LogP contribution is -2.00. The number of nitrogens with zero attached hydrogens (tertiary/aromatic N) is 3. The highest BCUT2D eigenvalue weighted by molar-refractivity contribution is 7.26. The summed E-state index contributed by atoms with van der Waals surface area (Å²) in [4.78, 5) is 10.3. The van der Waals surface area contributed by atoms with Gasteiger partial charge in [0.15, 0.2) is 11.4 Å². The van der Waals surface area contributed by atoms with Crippen LogP contribution in [0.2, 0.25) is 0 Å². The maximum Gasteiger partial charge on any atom is 0.180 e. The van der Waals surface area contributed by atoms with Crippen LogP contribution in [-0.2, 0) is 0 Å². The Morgan fingerprint density at radius 2 is 1.27 bits per heavy atom. The number of hydrogen-bond acceptors (Lipinski definition) is 4. The third kappa shape index (κ3) is 3.53. The molecule has 0 N–H and O–H groups in total. The van der Waals surface area contributed by atoms with E-state index in [1.807, 2.05) is 47.7 Å². The molecule has 0 saturated carbocycles. The summed E-state index contributed by atoms with van der Waals surface area (Å²) < 4.78 is 11.5. The van der Waals surface area contributed by atoms with Gasteiger partial charge in [-0.15, -0.1) is 11.3 Å². The van der Waals surface area contributed by atoms with Gasteiger partial charge in [0.1, 0.15) is 16.8 Å². The van der Waals surface area contributed by atoms with Gasteiger partial charge < -0.3 is 8.98 Å². The van der Waals surface area contributed by atoms with Crippen LogP contribution in [0.5, 0.6) is 0 Å². The lowest BCUT2D eigenvalue weighted by Gasteiger charge is -2.14. The van der Waals surface area contributed by atoms with E-state index in [-0.39, 0.29) is 0 Å². The SMILES string of the molecule is c1ccc(-c2nc(-c3ccccc3-n3c4ccccc4c4c5c(ccc43)sc3ccccc35)c3oc4ccccc4c3n2)cc1. The summed E-state index contributed by atoms with van der Waals surface area (Å²) in [5, 5.41) is 6.10. The third-order valence-corrected chi connectivity index (χ3v) is 9.96. The normalized spacial score (nSPS) is 12.0. The molecule has 0 radical (unpaired) electrons. The van der Waals surface area contributed by atoms with Crippen LogP contribution in [0.25, 0.3) is 92.4 Å². The number of benzene rings is 6. The summed E-state index contributed by atoms with van der Waals surface area (Å²) in [5.41, 5.74) is 8.40. The van der Waals surface area contributed by atoms with Crippen molar-refractivity contribution in [3.8, 4) is 28.3 Å². The molecular formula is C40H23N3OS. The molecule has 0 amide bonds. The molecule has 45 heavy (non-hydrogen) atoms. The van der Waals surface area contributed by atoms with Gasteiger partial charge in [0.05, 0.1) is 16.7 Å². The summed E-state index contributed by atoms with van der Waals surface area (Å²) in [6, 6.07) is 48.8. The number of aromatic nitrogens is 3. The molecule has 0 saturated heterocycles. The van der Waals surface area contributed by atoms with Gasteiger partial charge in [-0.25, -0.2) is 9.97 Å². The highest BCUT2D eigenvalue weighted by Crippen LogP contribution is 2.45. The molecule has 0 bridgehead atoms. The van der Waals surface area contributed by atoms with Crippen LogP contribution in [0.4, 0.5) is 0 Å². The zero-order valence-corrected chi connectivity index (χ0v) is 24.8. The molecular weight excluding hydrogens is 571 g/mol. The fourth-order valence-corrected chi connectivity index (χ4v) is 8.01. The lowest BCUT2D eigenvalue weighted by molar-refractivity contribution is 0.667. The van der Waals surface area contributed by atoms with Crippen molar-refractivity contribution in [1.82, 2.24) is 14.5 Å². The number of thiophene rings is 1. The molecule has 0 aliphatic rings. The number of fused-ring (bicyclic) bond motifs is 10. The minimum atomic E-state index is 0.674. The Hall–Kier alpha value is -5.78. The summed E-state index contributed by atoms with van der Waals surface area (Å²) in [7, 11) is 0. The minimum absolute atomic E-state index is 0.674. The zero-order chi connectivity index (χ0) is 29.5. The second-order valence-corrected chi connectivity index (χ2v) is 12.4. The van der Waals surface area contributed by atoms with Crippen LogP contribution in [-0.4, -0.2) is 14.5 Å². The van der Waals surface area contributed by atoms with E-state index in [1.165, 1.54) is 30.9 Å². The van der Waals surface area contributed by atoms with Crippen molar-refractivity contribution in [2.75, 3.05) is 0 Å². The van der Waals surface area contributed by atoms with Gasteiger partial charge in [-0.05, 0) is 42.5 Å². The monoisotopic (exact) mass is 593 g/mol. The van der Waals surface area contributed by atoms with E-state index in [0.29, 0.717) is 11.4 Å². The number of hydrogen-bond donors (Lipinski definition) is 0. The Bertz CT molecular complexity index is 2770. The van der Waals surface area contributed by atoms with Gasteiger partial charge in [0.25, 0.3) is 0 Å². The van der Waals surface area contributed by atoms with E-state index >= 15 is 0 Å². The van der Waals surface area contributed by atoms with Crippen molar-refractivity contribution >= 4 is 75.4 Å². The summed E-state index contributed by atoms with van der Waals surface area (Å²) in [5.74, 6) is 0.674. The molecule has 0 aliphatic carbocycles. The Balaban J connectivity index is 1.34. The standard InChI is InChI=1S/C40H23N3OS/c1-2-12-24(13-3-1)40-41-37(39-38(42-40)27-16-6-10-20-32(27)44-39)26-15-5-9-19-30(26)43-29-18-8-4-14-25(29)35-31(43)22-23-34-36(35)28-17-7-11-21-33(28)45-34/h1-23H. The summed E-state index contributed by atoms with van der Waals surface area (Å²) in [6.45, 7) is 0. The van der Waals surface area contributed by atoms with Gasteiger partial charge in [0, 0.05) is 47.5 Å². The van der Waals surface area contributed by atoms with Crippen molar-refractivity contribution in [3.05, 3.63) is 140 Å². The van der Waals surface area contributed by atoms with Crippen LogP contribution < -0.4 is 0 Å². The van der Waals surface area contributed by atoms with E-state index in [1.54, 1.807) is 0 Å². The van der Waals surface area contributed by atoms with E-state index < -0.39 is 0 Å². The topological polar surface area (TPSA) is 43.9 Å². The van der Waals surface area contributed by atoms with E-state index in [2.05, 4.69) is 108 Å². The highest BCUT2D eigenvalue weighted by Gasteiger charge is 2.23. The Morgan fingerprint density at radius 1 is 0.533 bits per heavy atom. The Labute approximate surface area is 261 Å². The molecule has 0 aliphatic heterocycles. The molecule has 4 aromatic heterocycles. The molecule has 6 aromatic carbocycles. The van der Waals surface area contributed by atoms with Crippen LogP contribution in [0.1, 0.15) is 0 Å². The molecule has 4 heterocycles. The van der Waals surface area contributed by atoms with E-state index in [0.717, 1.165) is 50.0 Å². The average molecular weight is 594 g/mol. The van der Waals surface area contributed by atoms with Gasteiger partial charge >= 0.3 is 0 Å². The molecule has 0 fully saturated rings. The molecule has 0 spiro atoms. The van der Waals surface area contributed by atoms with Gasteiger partial charge in [-0.3, -0.25) is 0 Å². The quantitative estimate of drug-likeness (QED) is 0.205. The van der Waals surface area contributed by atoms with E-state index in [4.69, 9.17) is 14.4 Å². The number of furan rings is 1. The predicted octanol–water partition coefficient (Wildman–Crippen LogP) is 11.2. The fourth-order valence-electron chi connectivity index (χ4n) is 6.89. The van der Waals surface area contributed by atoms with Crippen molar-refractivity contribution in [1.29, 1.82) is 0 Å². The van der Waals surface area contributed by atoms with Crippen LogP contribution in [0.3, 0.4) is 0 Å². The first-order valence-electron chi connectivity index (χ1n) is 15.0. The molecule has 210 valence electrons. The molecule has 4 nitrogen and oxygen atoms in total. The van der Waals surface area contributed by atoms with Crippen molar-refractivity contribution < 1.29 is 4.42 Å². The molecule has 0 atom stereocenters. The number of para-hydroxylation sites is 3. The zero-order valence-electron chi connectivity index (χ0n) is 23.9. The third-order valence-electron chi connectivity index (χ3n) is 8.83. The van der Waals surface area contributed by atoms with Crippen molar-refractivity contribution in [2.45, 2.75) is 0 Å². The molecule has 0 unspecified atom stereocenters. The number of rotatable bonds is 3. The average Bonchev–Trinajstić information content (AvgIpc) is 3.77. The highest BCUT2D eigenvalue weighted by atomic mass is 32.1. The maximum absolute atomic E-state index is 6.54. The Kier molecular flexibility index (Phi) is 5.12. The van der Waals surface area contributed by atoms with Gasteiger partial charge in [0.2, 0.25) is 0 Å². The van der Waals surface area contributed by atoms with Crippen molar-refractivity contribution in [3.63, 3.8) is 0 Å². The Morgan fingerprint density at radius 3 is 2.18 bits per heavy atom. The first-order valence-corrected chi connectivity index (χ1v) is 15.8. The molecule has 10 rings (SSSR count). The lowest BCUT2D eigenvalue weighted by atomic mass is 10.1. The molecule has 5 heteroatoms. The van der Waals surface area contributed by atoms with Gasteiger partial charge in [-0.2, -0.15) is 0 Å². The van der Waals surface area contributed by atoms with Crippen LogP contribution >= 0.6 is 11.3 Å². The first kappa shape index (κ1) is 24.6. The van der Waals surface area contributed by atoms with E-state index in [9.17, 15) is 0 Å². The summed E-state index contributed by atoms with van der Waals surface area (Å²) >= 11 is 1.85. The summed E-state index contributed by atoms with van der Waals surface area (Å²) in [6.07, 6.45) is 0. The van der Waals surface area contributed by atoms with Gasteiger partial charge in [-0.1, -0.05) is 97.1 Å². The molecule has 10 aromatic rings. The maximum atomic E-state index is 6.54. The minimum Gasteiger partial charge on any atom is -0.452 e. The smallest absolute Gasteiger partial charge is 0.180 e. The largest absolute Gasteiger partial charge is 0.452 e. The van der Waals surface area contributed by atoms with Crippen molar-refractivity contribution in [2.24, 2.45) is 0 Å². The predicted molar refractivity (Wildman–Crippen MR) is 187 cm³/mol. The first-order chi connectivity index (χ1) is 22.3. The van der Waals surface area contributed by atoms with Crippen LogP contribution in [0.15, 0.2) is 144 Å². The van der Waals surface area contributed by atoms with Crippen LogP contribution in [0, 0.1) is 0 Å². The second kappa shape index (κ2) is 9.36. The fraction of sp³-hybridized carbons (Fsp3) is 0. The second-order valence-electron chi connectivity index (χ2n) is 11.3.